The first-order chi connectivity index (χ1) is 34.5. The van der Waals surface area contributed by atoms with Gasteiger partial charge in [0.1, 0.15) is 35.2 Å². The fourth-order valence-electron chi connectivity index (χ4n) is 7.08. The van der Waals surface area contributed by atoms with Crippen molar-refractivity contribution >= 4 is 47.0 Å². The van der Waals surface area contributed by atoms with Crippen LogP contribution < -0.4 is 30.4 Å². The van der Waals surface area contributed by atoms with Crippen LogP contribution in [-0.2, 0) is 22.4 Å². The zero-order valence-corrected chi connectivity index (χ0v) is 37.7. The number of hydrogen-bond donors (Lipinski definition) is 4. The number of halogens is 8. The minimum atomic E-state index is -4.75. The number of carbonyl (C=O) groups is 4. The lowest BCUT2D eigenvalue weighted by Gasteiger charge is -2.40. The Hall–Kier alpha value is -8.36. The van der Waals surface area contributed by atoms with Gasteiger partial charge in [-0.05, 0) is 144 Å². The minimum Gasteiger partial charge on any atom is -0.428 e. The van der Waals surface area contributed by atoms with Crippen molar-refractivity contribution < 1.29 is 83.5 Å². The Morgan fingerprint density at radius 2 is 0.767 bits per heavy atom. The molecular formula is C53H42F8N2O10. The Morgan fingerprint density at radius 3 is 1.07 bits per heavy atom. The highest BCUT2D eigenvalue weighted by molar-refractivity contribution is 6.01. The lowest BCUT2D eigenvalue weighted by molar-refractivity contribution is -0.253. The number of aliphatic hydroxyl groups excluding tert-OH is 2. The van der Waals surface area contributed by atoms with Crippen LogP contribution >= 0.6 is 0 Å². The van der Waals surface area contributed by atoms with Crippen LogP contribution in [0.2, 0.25) is 0 Å². The number of hydrogen-bond acceptors (Lipinski definition) is 12. The first-order valence-electron chi connectivity index (χ1n) is 21.6. The van der Waals surface area contributed by atoms with Gasteiger partial charge in [-0.3, -0.25) is 9.59 Å². The van der Waals surface area contributed by atoms with Gasteiger partial charge in [0.15, 0.2) is 11.6 Å². The second-order valence-corrected chi connectivity index (χ2v) is 16.2. The predicted octanol–water partition coefficient (Wildman–Crippen LogP) is 9.82. The summed E-state index contributed by atoms with van der Waals surface area (Å²) in [5.41, 5.74) is 12.1. The largest absolute Gasteiger partial charge is 0.461 e. The van der Waals surface area contributed by atoms with Crippen LogP contribution in [0.25, 0.3) is 12.2 Å². The summed E-state index contributed by atoms with van der Waals surface area (Å²) in [5, 5.41) is 24.3. The van der Waals surface area contributed by atoms with Crippen molar-refractivity contribution in [3.8, 4) is 23.0 Å². The SMILES string of the molecule is Nc1ccc(CC(Cc2ccc(N)cc2)(C(O)C(=O)/C=C/c2ccc(OC(=O)c3ccc(OC(F)(F)C(F)F)cc3)cc2)C(O)C(=O)/C=C/c2ccc(OC(=O)c3ccc(OC(F)(F)C(F)F)cc3)cc2)cc1. The normalized spacial score (nSPS) is 13.0. The van der Waals surface area contributed by atoms with E-state index in [0.717, 1.165) is 60.7 Å². The number of ether oxygens (including phenoxy) is 4. The average molecular weight is 1020 g/mol. The monoisotopic (exact) mass is 1020 g/mol. The van der Waals surface area contributed by atoms with Crippen LogP contribution in [-0.4, -0.2) is 71.0 Å². The van der Waals surface area contributed by atoms with Crippen molar-refractivity contribution in [1.29, 1.82) is 0 Å². The summed E-state index contributed by atoms with van der Waals surface area (Å²) in [4.78, 5) is 53.6. The summed E-state index contributed by atoms with van der Waals surface area (Å²) in [6, 6.07) is 31.6. The first kappa shape index (κ1) is 54.0. The highest BCUT2D eigenvalue weighted by atomic mass is 19.3. The van der Waals surface area contributed by atoms with Crippen LogP contribution in [0.1, 0.15) is 43.0 Å². The van der Waals surface area contributed by atoms with Crippen LogP contribution in [0.4, 0.5) is 46.5 Å². The molecule has 0 saturated carbocycles. The van der Waals surface area contributed by atoms with E-state index in [1.807, 2.05) is 0 Å². The molecule has 0 aliphatic carbocycles. The van der Waals surface area contributed by atoms with E-state index in [9.17, 15) is 64.5 Å². The lowest BCUT2D eigenvalue weighted by Crippen LogP contribution is -2.54. The topological polar surface area (TPSA) is 198 Å². The van der Waals surface area contributed by atoms with Crippen LogP contribution in [0, 0.1) is 5.41 Å². The second kappa shape index (κ2) is 23.2. The maximum absolute atomic E-state index is 14.1. The number of rotatable bonds is 22. The zero-order chi connectivity index (χ0) is 53.1. The summed E-state index contributed by atoms with van der Waals surface area (Å²) < 4.78 is 122. The van der Waals surface area contributed by atoms with E-state index >= 15 is 0 Å². The van der Waals surface area contributed by atoms with Crippen LogP contribution in [0.5, 0.6) is 23.0 Å². The van der Waals surface area contributed by atoms with Crippen molar-refractivity contribution in [2.24, 2.45) is 5.41 Å². The van der Waals surface area contributed by atoms with Crippen molar-refractivity contribution in [1.82, 2.24) is 0 Å². The van der Waals surface area contributed by atoms with E-state index < -0.39 is 77.7 Å². The van der Waals surface area contributed by atoms with Gasteiger partial charge in [-0.25, -0.2) is 9.59 Å². The average Bonchev–Trinajstić information content (AvgIpc) is 3.36. The molecule has 380 valence electrons. The van der Waals surface area contributed by atoms with Crippen molar-refractivity contribution in [2.75, 3.05) is 11.5 Å². The molecule has 0 fully saturated rings. The van der Waals surface area contributed by atoms with Crippen LogP contribution in [0.15, 0.2) is 158 Å². The van der Waals surface area contributed by atoms with E-state index in [4.69, 9.17) is 20.9 Å². The van der Waals surface area contributed by atoms with Gasteiger partial charge in [0.2, 0.25) is 0 Å². The Labute approximate surface area is 410 Å². The van der Waals surface area contributed by atoms with E-state index in [1.165, 1.54) is 60.7 Å². The Morgan fingerprint density at radius 1 is 0.466 bits per heavy atom. The van der Waals surface area contributed by atoms with Crippen molar-refractivity contribution in [2.45, 2.75) is 50.1 Å². The van der Waals surface area contributed by atoms with Gasteiger partial charge in [0, 0.05) is 16.8 Å². The smallest absolute Gasteiger partial charge is 0.428 e. The molecule has 6 aromatic carbocycles. The number of alkyl halides is 8. The van der Waals surface area contributed by atoms with Gasteiger partial charge in [0.25, 0.3) is 0 Å². The number of aliphatic hydroxyl groups is 2. The summed E-state index contributed by atoms with van der Waals surface area (Å²) >= 11 is 0. The maximum atomic E-state index is 14.1. The Kier molecular flexibility index (Phi) is 17.2. The number of anilines is 2. The fraction of sp³-hybridized carbons (Fsp3) is 0.170. The molecule has 0 aromatic heterocycles. The molecule has 6 rings (SSSR count). The molecule has 0 heterocycles. The number of nitrogens with two attached hydrogens (primary N) is 2. The molecule has 0 bridgehead atoms. The molecule has 2 unspecified atom stereocenters. The number of benzene rings is 6. The maximum Gasteiger partial charge on any atom is 0.461 e. The molecule has 0 spiro atoms. The third-order valence-corrected chi connectivity index (χ3v) is 10.9. The molecule has 6 N–H and O–H groups in total. The highest BCUT2D eigenvalue weighted by Crippen LogP contribution is 2.38. The van der Waals surface area contributed by atoms with E-state index in [-0.39, 0.29) is 35.5 Å². The summed E-state index contributed by atoms with van der Waals surface area (Å²) in [7, 11) is 0. The van der Waals surface area contributed by atoms with Gasteiger partial charge in [0.05, 0.1) is 11.1 Å². The van der Waals surface area contributed by atoms with Crippen molar-refractivity contribution in [3.05, 3.63) is 191 Å². The number of carbonyl (C=O) groups excluding carboxylic acids is 4. The number of ketones is 2. The van der Waals surface area contributed by atoms with Gasteiger partial charge in [-0.1, -0.05) is 60.7 Å². The number of nitrogen functional groups attached to an aromatic ring is 2. The summed E-state index contributed by atoms with van der Waals surface area (Å²) in [6.07, 6.45) is -17.5. The Balaban J connectivity index is 1.19. The van der Waals surface area contributed by atoms with E-state index in [0.29, 0.717) is 33.6 Å². The van der Waals surface area contributed by atoms with E-state index in [2.05, 4.69) is 9.47 Å². The van der Waals surface area contributed by atoms with Gasteiger partial charge >= 0.3 is 37.0 Å². The standard InChI is InChI=1S/C53H42F8N2O10/c54-49(55)52(58,59)72-41-23-11-35(12-24-41)47(68)70-39-19-5-31(6-20-39)9-27-43(64)45(66)51(29-33-1-15-37(62)16-2-33,30-34-3-17-38(63)18-4-34)46(67)44(65)28-10-32-7-21-40(22-8-32)71-48(69)36-13-25-42(26-14-36)73-53(60,61)50(56)57/h1-28,45-46,49-50,66-67H,29-30,62-63H2/b27-9+,28-10+. The molecule has 0 aliphatic heterocycles. The molecule has 0 amide bonds. The summed E-state index contributed by atoms with van der Waals surface area (Å²) in [5.74, 6) is -4.91. The molecule has 6 aromatic rings. The third-order valence-electron chi connectivity index (χ3n) is 10.9. The second-order valence-electron chi connectivity index (χ2n) is 16.2. The molecule has 12 nitrogen and oxygen atoms in total. The molecule has 0 radical (unpaired) electrons. The van der Waals surface area contributed by atoms with Gasteiger partial charge in [-0.15, -0.1) is 0 Å². The molecule has 20 heteroatoms. The van der Waals surface area contributed by atoms with Gasteiger partial charge in [-0.2, -0.15) is 35.1 Å². The first-order valence-corrected chi connectivity index (χ1v) is 21.6. The lowest BCUT2D eigenvalue weighted by atomic mass is 9.66. The third kappa shape index (κ3) is 14.4. The molecule has 73 heavy (non-hydrogen) atoms. The fourth-order valence-corrected chi connectivity index (χ4v) is 7.08. The van der Waals surface area contributed by atoms with Gasteiger partial charge < -0.3 is 40.6 Å². The molecule has 0 saturated heterocycles. The number of esters is 2. The molecular weight excluding hydrogens is 977 g/mol. The predicted molar refractivity (Wildman–Crippen MR) is 250 cm³/mol. The quantitative estimate of drug-likeness (QED) is 0.0165. The minimum absolute atomic E-state index is 0.0145. The zero-order valence-electron chi connectivity index (χ0n) is 37.7. The summed E-state index contributed by atoms with van der Waals surface area (Å²) in [6.45, 7) is 0. The van der Waals surface area contributed by atoms with Crippen molar-refractivity contribution in [3.63, 3.8) is 0 Å². The van der Waals surface area contributed by atoms with E-state index in [1.54, 1.807) is 48.5 Å². The van der Waals surface area contributed by atoms with Crippen LogP contribution in [0.3, 0.4) is 0 Å². The highest BCUT2D eigenvalue weighted by Gasteiger charge is 2.50. The Bertz CT molecular complexity index is 2720. The molecule has 2 atom stereocenters. The molecule has 0 aliphatic rings.